The van der Waals surface area contributed by atoms with Crippen molar-refractivity contribution in [3.8, 4) is 5.75 Å². The summed E-state index contributed by atoms with van der Waals surface area (Å²) >= 11 is 0. The maximum absolute atomic E-state index is 13.5. The number of anilines is 3. The molecule has 12 nitrogen and oxygen atoms in total. The minimum absolute atomic E-state index is 0.0268. The molecule has 3 atom stereocenters. The molecule has 0 saturated carbocycles. The van der Waals surface area contributed by atoms with Gasteiger partial charge in [0.25, 0.3) is 0 Å². The van der Waals surface area contributed by atoms with Gasteiger partial charge < -0.3 is 40.1 Å². The van der Waals surface area contributed by atoms with Gasteiger partial charge in [-0.3, -0.25) is 4.79 Å². The van der Waals surface area contributed by atoms with Crippen molar-refractivity contribution in [1.29, 1.82) is 0 Å². The van der Waals surface area contributed by atoms with E-state index in [1.54, 1.807) is 50.9 Å². The second-order valence-corrected chi connectivity index (χ2v) is 10.8. The molecule has 43 heavy (non-hydrogen) atoms. The number of ether oxygens (including phenoxy) is 1. The van der Waals surface area contributed by atoms with Crippen molar-refractivity contribution in [3.63, 3.8) is 0 Å². The van der Waals surface area contributed by atoms with Gasteiger partial charge in [-0.2, -0.15) is 0 Å². The Hall–Kier alpha value is -4.65. The number of urea groups is 2. The molecule has 0 fully saturated rings. The summed E-state index contributed by atoms with van der Waals surface area (Å²) in [5.41, 5.74) is 2.42. The van der Waals surface area contributed by atoms with Gasteiger partial charge in [0.05, 0.1) is 25.6 Å². The van der Waals surface area contributed by atoms with Crippen LogP contribution in [-0.4, -0.2) is 76.9 Å². The predicted octanol–water partition coefficient (Wildman–Crippen LogP) is 4.39. The molecular formula is C30H37FN6O6. The van der Waals surface area contributed by atoms with Gasteiger partial charge >= 0.3 is 12.1 Å². The Morgan fingerprint density at radius 2 is 1.84 bits per heavy atom. The van der Waals surface area contributed by atoms with Crippen LogP contribution in [0, 0.1) is 25.6 Å². The molecule has 0 radical (unpaired) electrons. The van der Waals surface area contributed by atoms with Gasteiger partial charge in [0.1, 0.15) is 29.1 Å². The molecule has 5 amide bonds. The van der Waals surface area contributed by atoms with Gasteiger partial charge in [0, 0.05) is 36.4 Å². The molecule has 4 rings (SSSR count). The van der Waals surface area contributed by atoms with Crippen LogP contribution in [0.15, 0.2) is 47.0 Å². The van der Waals surface area contributed by atoms with E-state index in [1.807, 2.05) is 6.92 Å². The summed E-state index contributed by atoms with van der Waals surface area (Å²) in [5, 5.41) is 21.9. The lowest BCUT2D eigenvalue weighted by molar-refractivity contribution is -0.134. The quantitative estimate of drug-likeness (QED) is 0.316. The maximum Gasteiger partial charge on any atom is 0.323 e. The number of nitrogens with zero attached hydrogens (tertiary/aromatic N) is 3. The first-order valence-corrected chi connectivity index (χ1v) is 13.9. The van der Waals surface area contributed by atoms with E-state index in [-0.39, 0.29) is 37.9 Å². The number of hydrogen-bond acceptors (Lipinski definition) is 7. The van der Waals surface area contributed by atoms with Crippen LogP contribution in [-0.2, 0) is 11.2 Å². The Bertz CT molecular complexity index is 1440. The van der Waals surface area contributed by atoms with Gasteiger partial charge in [-0.25, -0.2) is 14.0 Å². The average Bonchev–Trinajstić information content (AvgIpc) is 3.30. The molecule has 0 spiro atoms. The summed E-state index contributed by atoms with van der Waals surface area (Å²) < 4.78 is 24.8. The number of hydrogen-bond donors (Lipinski definition) is 4. The predicted molar refractivity (Wildman–Crippen MR) is 159 cm³/mol. The fourth-order valence-corrected chi connectivity index (χ4v) is 4.77. The van der Waals surface area contributed by atoms with Gasteiger partial charge in [0.15, 0.2) is 5.76 Å². The number of carbonyl (C=O) groups excluding carboxylic acids is 3. The van der Waals surface area contributed by atoms with Crippen molar-refractivity contribution in [1.82, 2.24) is 15.0 Å². The van der Waals surface area contributed by atoms with Gasteiger partial charge in [0.2, 0.25) is 5.91 Å². The van der Waals surface area contributed by atoms with E-state index in [0.717, 1.165) is 0 Å². The molecule has 13 heteroatoms. The minimum Gasteiger partial charge on any atom is -0.488 e. The van der Waals surface area contributed by atoms with E-state index in [1.165, 1.54) is 29.2 Å². The molecule has 1 aliphatic rings. The van der Waals surface area contributed by atoms with Gasteiger partial charge in [-0.05, 0) is 63.2 Å². The zero-order valence-corrected chi connectivity index (χ0v) is 24.8. The Morgan fingerprint density at radius 3 is 2.49 bits per heavy atom. The van der Waals surface area contributed by atoms with Crippen LogP contribution in [0.3, 0.4) is 0 Å². The standard InChI is InChI=1S/C30H37FN6O6/c1-17-14-37(18(2)16-38)27(39)13-21-12-24(32-29(40)34-28-19(3)35-43-20(28)4)10-11-25(21)42-26(17)15-36(5)30(41)33-23-8-6-22(31)7-9-23/h6-12,17-18,26,38H,13-16H2,1-5H3,(H,33,41)(H2,32,34,40)/t17-,18+,26-/m0/s1. The molecule has 0 saturated heterocycles. The molecule has 2 heterocycles. The number of aliphatic hydroxyl groups is 1. The fraction of sp³-hybridized carbons (Fsp3) is 0.400. The Morgan fingerprint density at radius 1 is 1.14 bits per heavy atom. The summed E-state index contributed by atoms with van der Waals surface area (Å²) in [4.78, 5) is 42.2. The molecule has 0 bridgehead atoms. The number of likely N-dealkylation sites (N-methyl/N-ethyl adjacent to an activating group) is 1. The SMILES string of the molecule is Cc1noc(C)c1NC(=O)Nc1ccc2c(c1)CC(=O)N([C@H](C)CO)C[C@H](C)[C@H](CN(C)C(=O)Nc1ccc(F)cc1)O2. The summed E-state index contributed by atoms with van der Waals surface area (Å²) in [7, 11) is 1.62. The summed E-state index contributed by atoms with van der Waals surface area (Å²) in [6.45, 7) is 7.32. The maximum atomic E-state index is 13.5. The highest BCUT2D eigenvalue weighted by atomic mass is 19.1. The number of halogens is 1. The molecule has 1 aliphatic heterocycles. The van der Waals surface area contributed by atoms with E-state index in [0.29, 0.717) is 39.8 Å². The lowest BCUT2D eigenvalue weighted by Gasteiger charge is -2.34. The molecule has 4 N–H and O–H groups in total. The van der Waals surface area contributed by atoms with Crippen molar-refractivity contribution < 1.29 is 33.1 Å². The van der Waals surface area contributed by atoms with E-state index in [9.17, 15) is 23.9 Å². The van der Waals surface area contributed by atoms with Crippen molar-refractivity contribution in [2.24, 2.45) is 5.92 Å². The normalized spacial score (nSPS) is 17.5. The Balaban J connectivity index is 1.56. The highest BCUT2D eigenvalue weighted by Crippen LogP contribution is 2.29. The Labute approximate surface area is 249 Å². The van der Waals surface area contributed by atoms with Crippen molar-refractivity contribution in [2.45, 2.75) is 46.3 Å². The number of nitrogens with one attached hydrogen (secondary N) is 3. The number of aromatic nitrogens is 1. The van der Waals surface area contributed by atoms with Crippen molar-refractivity contribution >= 4 is 35.0 Å². The minimum atomic E-state index is -0.538. The number of aryl methyl sites for hydroxylation is 2. The largest absolute Gasteiger partial charge is 0.488 e. The topological polar surface area (TPSA) is 149 Å². The molecule has 0 unspecified atom stereocenters. The summed E-state index contributed by atoms with van der Waals surface area (Å²) in [5.74, 6) is 0.0547. The third-order valence-corrected chi connectivity index (χ3v) is 7.34. The van der Waals surface area contributed by atoms with Crippen LogP contribution in [0.25, 0.3) is 0 Å². The van der Waals surface area contributed by atoms with Crippen LogP contribution in [0.2, 0.25) is 0 Å². The van der Waals surface area contributed by atoms with E-state index >= 15 is 0 Å². The fourth-order valence-electron chi connectivity index (χ4n) is 4.77. The first kappa shape index (κ1) is 31.3. The Kier molecular flexibility index (Phi) is 9.86. The van der Waals surface area contributed by atoms with Crippen LogP contribution in [0.5, 0.6) is 5.75 Å². The lowest BCUT2D eigenvalue weighted by atomic mass is 10.0. The van der Waals surface area contributed by atoms with Gasteiger partial charge in [-0.1, -0.05) is 12.1 Å². The van der Waals surface area contributed by atoms with Crippen LogP contribution in [0.1, 0.15) is 30.9 Å². The van der Waals surface area contributed by atoms with Crippen molar-refractivity contribution in [3.05, 3.63) is 65.3 Å². The van der Waals surface area contributed by atoms with Crippen LogP contribution >= 0.6 is 0 Å². The molecular weight excluding hydrogens is 559 g/mol. The zero-order valence-electron chi connectivity index (χ0n) is 24.8. The van der Waals surface area contributed by atoms with Crippen LogP contribution < -0.4 is 20.7 Å². The van der Waals surface area contributed by atoms with Gasteiger partial charge in [-0.15, -0.1) is 0 Å². The van der Waals surface area contributed by atoms with E-state index < -0.39 is 30.0 Å². The number of fused-ring (bicyclic) bond motifs is 1. The second-order valence-electron chi connectivity index (χ2n) is 10.8. The third-order valence-electron chi connectivity index (χ3n) is 7.34. The molecule has 0 aliphatic carbocycles. The second kappa shape index (κ2) is 13.6. The van der Waals surface area contributed by atoms with E-state index in [4.69, 9.17) is 9.26 Å². The number of aliphatic hydroxyl groups excluding tert-OH is 1. The van der Waals surface area contributed by atoms with E-state index in [2.05, 4.69) is 21.1 Å². The first-order chi connectivity index (χ1) is 20.4. The number of rotatable bonds is 7. The number of carbonyl (C=O) groups is 3. The lowest BCUT2D eigenvalue weighted by Crippen LogP contribution is -2.48. The third kappa shape index (κ3) is 7.80. The van der Waals surface area contributed by atoms with Crippen molar-refractivity contribution in [2.75, 3.05) is 42.7 Å². The number of amides is 5. The highest BCUT2D eigenvalue weighted by molar-refractivity contribution is 6.00. The van der Waals surface area contributed by atoms with Crippen LogP contribution in [0.4, 0.5) is 31.0 Å². The zero-order chi connectivity index (χ0) is 31.3. The molecule has 2 aromatic carbocycles. The summed E-state index contributed by atoms with van der Waals surface area (Å²) in [6, 6.07) is 9.09. The summed E-state index contributed by atoms with van der Waals surface area (Å²) in [6.07, 6.45) is -0.565. The molecule has 1 aromatic heterocycles. The number of benzene rings is 2. The smallest absolute Gasteiger partial charge is 0.323 e. The monoisotopic (exact) mass is 596 g/mol. The first-order valence-electron chi connectivity index (χ1n) is 13.9. The highest BCUT2D eigenvalue weighted by Gasteiger charge is 2.32. The average molecular weight is 597 g/mol. The molecule has 3 aromatic rings. The molecule has 230 valence electrons.